The molecule has 30 heavy (non-hydrogen) atoms. The normalized spacial score (nSPS) is 15.0. The third-order valence-corrected chi connectivity index (χ3v) is 5.81. The molecule has 1 N–H and O–H groups in total. The Labute approximate surface area is 178 Å². The van der Waals surface area contributed by atoms with Gasteiger partial charge in [-0.3, -0.25) is 14.5 Å². The van der Waals surface area contributed by atoms with Crippen molar-refractivity contribution in [3.05, 3.63) is 58.5 Å². The molecule has 0 bridgehead atoms. The Bertz CT molecular complexity index is 974. The molecule has 3 aromatic rings. The van der Waals surface area contributed by atoms with Crippen molar-refractivity contribution in [1.82, 2.24) is 25.3 Å². The summed E-state index contributed by atoms with van der Waals surface area (Å²) in [5.74, 6) is 0.879. The van der Waals surface area contributed by atoms with E-state index in [4.69, 9.17) is 4.52 Å². The highest BCUT2D eigenvalue weighted by atomic mass is 32.1. The maximum absolute atomic E-state index is 12.5. The number of amides is 2. The highest BCUT2D eigenvalue weighted by molar-refractivity contribution is 7.12. The van der Waals surface area contributed by atoms with Gasteiger partial charge >= 0.3 is 0 Å². The monoisotopic (exact) mass is 425 g/mol. The van der Waals surface area contributed by atoms with Crippen LogP contribution in [0.1, 0.15) is 21.9 Å². The molecule has 0 saturated carbocycles. The molecule has 0 spiro atoms. The lowest BCUT2D eigenvalue weighted by molar-refractivity contribution is -0.130. The van der Waals surface area contributed by atoms with Crippen LogP contribution in [0, 0.1) is 0 Å². The molecule has 2 aromatic heterocycles. The molecule has 0 radical (unpaired) electrons. The van der Waals surface area contributed by atoms with Gasteiger partial charge in [0.2, 0.25) is 5.91 Å². The molecule has 4 rings (SSSR count). The number of aromatic nitrogens is 2. The topological polar surface area (TPSA) is 91.6 Å². The Morgan fingerprint density at radius 1 is 1.07 bits per heavy atom. The minimum absolute atomic E-state index is 0.0159. The molecule has 8 nitrogen and oxygen atoms in total. The second-order valence-electron chi connectivity index (χ2n) is 7.05. The minimum Gasteiger partial charge on any atom is -0.342 e. The fourth-order valence-electron chi connectivity index (χ4n) is 3.36. The van der Waals surface area contributed by atoms with Gasteiger partial charge in [-0.2, -0.15) is 4.98 Å². The van der Waals surface area contributed by atoms with Crippen molar-refractivity contribution < 1.29 is 14.1 Å². The molecular weight excluding hydrogens is 402 g/mol. The lowest BCUT2D eigenvalue weighted by atomic mass is 10.2. The predicted octanol–water partition coefficient (Wildman–Crippen LogP) is 2.26. The number of hydrogen-bond donors (Lipinski definition) is 1. The lowest BCUT2D eigenvalue weighted by Crippen LogP contribution is -2.41. The van der Waals surface area contributed by atoms with Crippen molar-refractivity contribution in [2.24, 2.45) is 0 Å². The summed E-state index contributed by atoms with van der Waals surface area (Å²) in [5, 5.41) is 8.64. The fourth-order valence-corrected chi connectivity index (χ4v) is 4.00. The maximum Gasteiger partial charge on any atom is 0.261 e. The van der Waals surface area contributed by atoms with Crippen LogP contribution in [0.4, 0.5) is 0 Å². The Morgan fingerprint density at radius 2 is 1.93 bits per heavy atom. The van der Waals surface area contributed by atoms with Crippen molar-refractivity contribution in [3.63, 3.8) is 0 Å². The maximum atomic E-state index is 12.5. The smallest absolute Gasteiger partial charge is 0.261 e. The van der Waals surface area contributed by atoms with Crippen LogP contribution in [-0.2, 0) is 11.3 Å². The van der Waals surface area contributed by atoms with Crippen molar-refractivity contribution >= 4 is 23.2 Å². The third-order valence-electron chi connectivity index (χ3n) is 4.94. The van der Waals surface area contributed by atoms with Crippen LogP contribution in [-0.4, -0.2) is 64.5 Å². The standard InChI is InChI=1S/C21H23N5O3S/c27-19(14-22-20(28)17-8-4-13-30-17)26-10-5-9-25(11-12-26)15-18-23-21(29-24-18)16-6-2-1-3-7-16/h1-4,6-8,13H,5,9-12,14-15H2,(H,22,28). The number of carbonyl (C=O) groups is 2. The highest BCUT2D eigenvalue weighted by Crippen LogP contribution is 2.17. The van der Waals surface area contributed by atoms with Crippen LogP contribution in [0.25, 0.3) is 11.5 Å². The van der Waals surface area contributed by atoms with Gasteiger partial charge in [-0.1, -0.05) is 29.4 Å². The van der Waals surface area contributed by atoms with E-state index in [1.165, 1.54) is 11.3 Å². The largest absolute Gasteiger partial charge is 0.342 e. The Balaban J connectivity index is 1.26. The molecule has 156 valence electrons. The zero-order valence-electron chi connectivity index (χ0n) is 16.5. The van der Waals surface area contributed by atoms with Crippen molar-refractivity contribution in [3.8, 4) is 11.5 Å². The molecule has 0 unspecified atom stereocenters. The van der Waals surface area contributed by atoms with E-state index in [9.17, 15) is 9.59 Å². The van der Waals surface area contributed by atoms with Gasteiger partial charge in [-0.25, -0.2) is 0 Å². The van der Waals surface area contributed by atoms with Crippen molar-refractivity contribution in [2.45, 2.75) is 13.0 Å². The van der Waals surface area contributed by atoms with Gasteiger partial charge in [-0.15, -0.1) is 11.3 Å². The number of rotatable bonds is 6. The number of thiophene rings is 1. The number of carbonyl (C=O) groups excluding carboxylic acids is 2. The lowest BCUT2D eigenvalue weighted by Gasteiger charge is -2.21. The molecule has 1 aromatic carbocycles. The average Bonchev–Trinajstić information content (AvgIpc) is 3.42. The Kier molecular flexibility index (Phi) is 6.50. The molecule has 1 aliphatic heterocycles. The van der Waals surface area contributed by atoms with E-state index in [2.05, 4.69) is 20.4 Å². The summed E-state index contributed by atoms with van der Waals surface area (Å²) in [7, 11) is 0. The van der Waals surface area contributed by atoms with Crippen LogP contribution in [0.3, 0.4) is 0 Å². The van der Waals surface area contributed by atoms with Gasteiger partial charge in [0.15, 0.2) is 5.82 Å². The average molecular weight is 426 g/mol. The van der Waals surface area contributed by atoms with E-state index in [1.807, 2.05) is 41.8 Å². The molecule has 9 heteroatoms. The van der Waals surface area contributed by atoms with Crippen LogP contribution in [0.2, 0.25) is 0 Å². The van der Waals surface area contributed by atoms with E-state index < -0.39 is 0 Å². The summed E-state index contributed by atoms with van der Waals surface area (Å²) in [4.78, 5) is 33.6. The molecule has 0 atom stereocenters. The second-order valence-corrected chi connectivity index (χ2v) is 8.00. The van der Waals surface area contributed by atoms with Crippen LogP contribution in [0.5, 0.6) is 0 Å². The van der Waals surface area contributed by atoms with Crippen molar-refractivity contribution in [2.75, 3.05) is 32.7 Å². The number of benzene rings is 1. The third kappa shape index (κ3) is 5.11. The van der Waals surface area contributed by atoms with E-state index in [0.29, 0.717) is 36.2 Å². The zero-order valence-corrected chi connectivity index (χ0v) is 17.3. The summed E-state index contributed by atoms with van der Waals surface area (Å²) in [6.07, 6.45) is 0.855. The van der Waals surface area contributed by atoms with Gasteiger partial charge in [0.1, 0.15) is 0 Å². The molecule has 3 heterocycles. The van der Waals surface area contributed by atoms with Gasteiger partial charge in [-0.05, 0) is 30.0 Å². The fraction of sp³-hybridized carbons (Fsp3) is 0.333. The van der Waals surface area contributed by atoms with E-state index in [1.54, 1.807) is 11.0 Å². The number of hydrogen-bond acceptors (Lipinski definition) is 7. The first-order valence-electron chi connectivity index (χ1n) is 9.89. The summed E-state index contributed by atoms with van der Waals surface area (Å²) in [6.45, 7) is 3.44. The summed E-state index contributed by atoms with van der Waals surface area (Å²) >= 11 is 1.36. The van der Waals surface area contributed by atoms with Crippen molar-refractivity contribution in [1.29, 1.82) is 0 Å². The summed E-state index contributed by atoms with van der Waals surface area (Å²) < 4.78 is 5.38. The highest BCUT2D eigenvalue weighted by Gasteiger charge is 2.21. The first-order valence-corrected chi connectivity index (χ1v) is 10.8. The molecule has 1 aliphatic rings. The van der Waals surface area contributed by atoms with E-state index in [-0.39, 0.29) is 18.4 Å². The SMILES string of the molecule is O=C(NCC(=O)N1CCCN(Cc2noc(-c3ccccc3)n2)CC1)c1cccs1. The Hall–Kier alpha value is -3.04. The zero-order chi connectivity index (χ0) is 20.8. The van der Waals surface area contributed by atoms with Gasteiger partial charge in [0.25, 0.3) is 11.8 Å². The molecule has 2 amide bonds. The van der Waals surface area contributed by atoms with Crippen LogP contribution >= 0.6 is 11.3 Å². The first-order chi connectivity index (χ1) is 14.7. The molecule has 1 fully saturated rings. The van der Waals surface area contributed by atoms with Crippen LogP contribution < -0.4 is 5.32 Å². The molecule has 0 aliphatic carbocycles. The van der Waals surface area contributed by atoms with E-state index >= 15 is 0 Å². The van der Waals surface area contributed by atoms with Gasteiger partial charge in [0, 0.05) is 31.7 Å². The molecule has 1 saturated heterocycles. The molecular formula is C21H23N5O3S. The quantitative estimate of drug-likeness (QED) is 0.651. The second kappa shape index (κ2) is 9.64. The number of nitrogens with zero attached hydrogens (tertiary/aromatic N) is 4. The minimum atomic E-state index is -0.207. The predicted molar refractivity (Wildman–Crippen MR) is 113 cm³/mol. The summed E-state index contributed by atoms with van der Waals surface area (Å²) in [6, 6.07) is 13.2. The van der Waals surface area contributed by atoms with Crippen LogP contribution in [0.15, 0.2) is 52.4 Å². The number of nitrogens with one attached hydrogen (secondary N) is 1. The summed E-state index contributed by atoms with van der Waals surface area (Å²) in [5.41, 5.74) is 0.897. The van der Waals surface area contributed by atoms with E-state index in [0.717, 1.165) is 25.1 Å². The van der Waals surface area contributed by atoms with Gasteiger partial charge < -0.3 is 14.7 Å². The van der Waals surface area contributed by atoms with Gasteiger partial charge in [0.05, 0.1) is 18.0 Å². The Morgan fingerprint density at radius 3 is 2.73 bits per heavy atom. The first kappa shape index (κ1) is 20.2.